The van der Waals surface area contributed by atoms with Crippen molar-refractivity contribution >= 4 is 11.5 Å². The lowest BCUT2D eigenvalue weighted by molar-refractivity contribution is 0.101. The van der Waals surface area contributed by atoms with Gasteiger partial charge < -0.3 is 4.90 Å². The van der Waals surface area contributed by atoms with Crippen LogP contribution in [0.1, 0.15) is 50.5 Å². The molecule has 0 saturated heterocycles. The number of Topliss-reactive ketones (excluding diaryl/α,β-unsaturated/α-hetero) is 1. The minimum atomic E-state index is 0.0360. The normalized spacial score (nSPS) is 10.6. The highest BCUT2D eigenvalue weighted by molar-refractivity contribution is 6.00. The Morgan fingerprint density at radius 3 is 2.37 bits per heavy atom. The Bertz CT molecular complexity index is 498. The van der Waals surface area contributed by atoms with Gasteiger partial charge in [0.2, 0.25) is 0 Å². The molecular weight excluding hydrogens is 236 g/mol. The average Bonchev–Trinajstić information content (AvgIpc) is 2.34. The number of hydrogen-bond acceptors (Lipinski definition) is 3. The van der Waals surface area contributed by atoms with Crippen molar-refractivity contribution in [2.75, 3.05) is 11.4 Å². The maximum absolute atomic E-state index is 11.8. The minimum absolute atomic E-state index is 0.0360. The van der Waals surface area contributed by atoms with E-state index in [-0.39, 0.29) is 11.8 Å². The van der Waals surface area contributed by atoms with E-state index in [1.807, 2.05) is 6.07 Å². The van der Waals surface area contributed by atoms with Gasteiger partial charge in [0.05, 0.1) is 11.6 Å². The molecule has 0 N–H and O–H groups in total. The molecule has 0 spiro atoms. The molecule has 3 heteroatoms. The number of anilines is 1. The molecule has 0 bridgehead atoms. The maximum Gasteiger partial charge on any atom is 0.161 e. The van der Waals surface area contributed by atoms with Gasteiger partial charge in [-0.1, -0.05) is 13.8 Å². The van der Waals surface area contributed by atoms with Crippen molar-refractivity contribution in [1.82, 2.24) is 0 Å². The van der Waals surface area contributed by atoms with Crippen molar-refractivity contribution in [3.63, 3.8) is 0 Å². The highest BCUT2D eigenvalue weighted by Gasteiger charge is 2.18. The van der Waals surface area contributed by atoms with Crippen molar-refractivity contribution in [3.8, 4) is 6.07 Å². The zero-order chi connectivity index (χ0) is 14.6. The molecular formula is C16H22N2O. The largest absolute Gasteiger partial charge is 0.368 e. The van der Waals surface area contributed by atoms with Gasteiger partial charge in [0.1, 0.15) is 0 Å². The Kier molecular flexibility index (Phi) is 5.11. The van der Waals surface area contributed by atoms with Crippen molar-refractivity contribution < 1.29 is 4.79 Å². The highest BCUT2D eigenvalue weighted by Crippen LogP contribution is 2.25. The third-order valence-corrected chi connectivity index (χ3v) is 3.00. The predicted octanol–water partition coefficient (Wildman–Crippen LogP) is 3.63. The average molecular weight is 258 g/mol. The molecule has 0 unspecified atom stereocenters. The molecule has 0 radical (unpaired) electrons. The number of nitrogens with zero attached hydrogens (tertiary/aromatic N) is 2. The summed E-state index contributed by atoms with van der Waals surface area (Å²) in [6.07, 6.45) is 0. The molecule has 3 nitrogen and oxygen atoms in total. The molecule has 0 saturated carbocycles. The Morgan fingerprint density at radius 1 is 1.32 bits per heavy atom. The van der Waals surface area contributed by atoms with Gasteiger partial charge in [0.25, 0.3) is 0 Å². The number of carbonyl (C=O) groups is 1. The third kappa shape index (κ3) is 3.82. The van der Waals surface area contributed by atoms with Crippen LogP contribution in [0.3, 0.4) is 0 Å². The Balaban J connectivity index is 3.34. The van der Waals surface area contributed by atoms with E-state index in [1.165, 1.54) is 0 Å². The monoisotopic (exact) mass is 258 g/mol. The van der Waals surface area contributed by atoms with Crippen LogP contribution in [0.4, 0.5) is 5.69 Å². The lowest BCUT2D eigenvalue weighted by Gasteiger charge is -2.32. The van der Waals surface area contributed by atoms with Gasteiger partial charge in [-0.3, -0.25) is 4.79 Å². The number of rotatable bonds is 5. The summed E-state index contributed by atoms with van der Waals surface area (Å²) in [5.74, 6) is 0.529. The van der Waals surface area contributed by atoms with Crippen molar-refractivity contribution in [2.24, 2.45) is 5.92 Å². The fourth-order valence-electron chi connectivity index (χ4n) is 2.12. The van der Waals surface area contributed by atoms with Gasteiger partial charge in [-0.15, -0.1) is 0 Å². The predicted molar refractivity (Wildman–Crippen MR) is 78.5 cm³/mol. The van der Waals surface area contributed by atoms with E-state index in [9.17, 15) is 4.79 Å². The summed E-state index contributed by atoms with van der Waals surface area (Å²) in [5.41, 5.74) is 2.15. The van der Waals surface area contributed by atoms with Gasteiger partial charge in [0, 0.05) is 23.8 Å². The Hall–Kier alpha value is -1.82. The van der Waals surface area contributed by atoms with Crippen LogP contribution in [-0.2, 0) is 0 Å². The second-order valence-corrected chi connectivity index (χ2v) is 5.54. The van der Waals surface area contributed by atoms with Crippen LogP contribution in [0.25, 0.3) is 0 Å². The lowest BCUT2D eigenvalue weighted by atomic mass is 10.0. The van der Waals surface area contributed by atoms with Crippen LogP contribution in [0.15, 0.2) is 18.2 Å². The maximum atomic E-state index is 11.8. The smallest absolute Gasteiger partial charge is 0.161 e. The molecule has 1 aromatic carbocycles. The minimum Gasteiger partial charge on any atom is -0.368 e. The molecule has 0 aliphatic heterocycles. The van der Waals surface area contributed by atoms with Gasteiger partial charge >= 0.3 is 0 Å². The van der Waals surface area contributed by atoms with E-state index in [1.54, 1.807) is 19.1 Å². The molecule has 1 aromatic rings. The summed E-state index contributed by atoms with van der Waals surface area (Å²) < 4.78 is 0. The van der Waals surface area contributed by atoms with E-state index in [0.29, 0.717) is 17.0 Å². The molecule has 1 rings (SSSR count). The van der Waals surface area contributed by atoms with Gasteiger partial charge in [-0.2, -0.15) is 5.26 Å². The van der Waals surface area contributed by atoms with Gasteiger partial charge in [-0.25, -0.2) is 0 Å². The first-order valence-corrected chi connectivity index (χ1v) is 6.68. The summed E-state index contributed by atoms with van der Waals surface area (Å²) in [7, 11) is 0. The van der Waals surface area contributed by atoms with Crippen LogP contribution in [0, 0.1) is 17.2 Å². The summed E-state index contributed by atoms with van der Waals surface area (Å²) in [6, 6.07) is 7.71. The highest BCUT2D eigenvalue weighted by atomic mass is 16.1. The Labute approximate surface area is 115 Å². The molecule has 0 aliphatic rings. The quantitative estimate of drug-likeness (QED) is 0.757. The third-order valence-electron chi connectivity index (χ3n) is 3.00. The summed E-state index contributed by atoms with van der Waals surface area (Å²) in [5, 5.41) is 9.04. The van der Waals surface area contributed by atoms with Crippen molar-refractivity contribution in [2.45, 2.75) is 40.7 Å². The van der Waals surface area contributed by atoms with Gasteiger partial charge in [-0.05, 0) is 44.9 Å². The molecule has 0 atom stereocenters. The molecule has 0 amide bonds. The molecule has 102 valence electrons. The van der Waals surface area contributed by atoms with Crippen LogP contribution >= 0.6 is 0 Å². The van der Waals surface area contributed by atoms with Crippen LogP contribution in [0.5, 0.6) is 0 Å². The second-order valence-electron chi connectivity index (χ2n) is 5.54. The fraction of sp³-hybridized carbons (Fsp3) is 0.500. The molecule has 0 aromatic heterocycles. The van der Waals surface area contributed by atoms with Crippen molar-refractivity contribution in [3.05, 3.63) is 29.3 Å². The number of carbonyl (C=O) groups excluding carboxylic acids is 1. The molecule has 0 heterocycles. The fourth-order valence-corrected chi connectivity index (χ4v) is 2.12. The van der Waals surface area contributed by atoms with E-state index >= 15 is 0 Å². The second kappa shape index (κ2) is 6.38. The van der Waals surface area contributed by atoms with Crippen LogP contribution < -0.4 is 4.90 Å². The summed E-state index contributed by atoms with van der Waals surface area (Å²) in [4.78, 5) is 14.0. The van der Waals surface area contributed by atoms with Gasteiger partial charge in [0.15, 0.2) is 5.78 Å². The van der Waals surface area contributed by atoms with Crippen molar-refractivity contribution in [1.29, 1.82) is 5.26 Å². The summed E-state index contributed by atoms with van der Waals surface area (Å²) in [6.45, 7) is 10.9. The van der Waals surface area contributed by atoms with Crippen LogP contribution in [-0.4, -0.2) is 18.4 Å². The van der Waals surface area contributed by atoms with E-state index in [4.69, 9.17) is 5.26 Å². The number of hydrogen-bond donors (Lipinski definition) is 0. The Morgan fingerprint density at radius 2 is 1.95 bits per heavy atom. The molecule has 0 aliphatic carbocycles. The van der Waals surface area contributed by atoms with Crippen LogP contribution in [0.2, 0.25) is 0 Å². The SMILES string of the molecule is CC(=O)c1ccc(C#N)cc1N(CC(C)C)C(C)C. The zero-order valence-electron chi connectivity index (χ0n) is 12.4. The van der Waals surface area contributed by atoms with E-state index in [2.05, 4.69) is 38.7 Å². The zero-order valence-corrected chi connectivity index (χ0v) is 12.4. The summed E-state index contributed by atoms with van der Waals surface area (Å²) >= 11 is 0. The topological polar surface area (TPSA) is 44.1 Å². The van der Waals surface area contributed by atoms with E-state index in [0.717, 1.165) is 12.2 Å². The first-order chi connectivity index (χ1) is 8.86. The van der Waals surface area contributed by atoms with E-state index < -0.39 is 0 Å². The molecule has 0 fully saturated rings. The first-order valence-electron chi connectivity index (χ1n) is 6.68. The number of ketones is 1. The lowest BCUT2D eigenvalue weighted by Crippen LogP contribution is -2.35. The molecule has 19 heavy (non-hydrogen) atoms. The standard InChI is InChI=1S/C16H22N2O/c1-11(2)10-18(12(3)4)16-8-14(9-17)6-7-15(16)13(5)19/h6-8,11-12H,10H2,1-5H3. The number of benzene rings is 1. The first kappa shape index (κ1) is 15.2. The number of nitriles is 1.